The summed E-state index contributed by atoms with van der Waals surface area (Å²) in [6, 6.07) is 7.18. The number of halogens is 1. The van der Waals surface area contributed by atoms with E-state index in [1.807, 2.05) is 12.1 Å². The molecule has 0 aliphatic heterocycles. The second-order valence-corrected chi connectivity index (χ2v) is 6.15. The summed E-state index contributed by atoms with van der Waals surface area (Å²) in [6.07, 6.45) is 6.17. The molecule has 106 valence electrons. The second-order valence-electron chi connectivity index (χ2n) is 6.15. The largest absolute Gasteiger partial charge is 0.316 e. The molecule has 19 heavy (non-hydrogen) atoms. The molecule has 1 saturated carbocycles. The lowest BCUT2D eigenvalue weighted by Gasteiger charge is -2.40. The number of hydrogen-bond donors (Lipinski definition) is 1. The Balaban J connectivity index is 2.15. The molecule has 0 amide bonds. The molecule has 0 spiro atoms. The van der Waals surface area contributed by atoms with Crippen molar-refractivity contribution in [3.05, 3.63) is 35.6 Å². The predicted molar refractivity (Wildman–Crippen MR) is 78.9 cm³/mol. The lowest BCUT2D eigenvalue weighted by molar-refractivity contribution is 0.234. The molecule has 0 unspecified atom stereocenters. The molecule has 1 aromatic rings. The minimum absolute atomic E-state index is 0.135. The summed E-state index contributed by atoms with van der Waals surface area (Å²) >= 11 is 0. The summed E-state index contributed by atoms with van der Waals surface area (Å²) in [5, 5.41) is 3.58. The molecule has 1 aromatic carbocycles. The maximum Gasteiger partial charge on any atom is 0.123 e. The van der Waals surface area contributed by atoms with Crippen LogP contribution < -0.4 is 5.32 Å². The Labute approximate surface area is 116 Å². The highest BCUT2D eigenvalue weighted by molar-refractivity contribution is 5.27. The van der Waals surface area contributed by atoms with Gasteiger partial charge in [-0.3, -0.25) is 0 Å². The van der Waals surface area contributed by atoms with Gasteiger partial charge in [-0.25, -0.2) is 4.39 Å². The minimum atomic E-state index is -0.135. The van der Waals surface area contributed by atoms with Crippen LogP contribution in [0.2, 0.25) is 0 Å². The molecule has 0 saturated heterocycles. The Morgan fingerprint density at radius 2 is 1.84 bits per heavy atom. The van der Waals surface area contributed by atoms with E-state index in [4.69, 9.17) is 0 Å². The fourth-order valence-electron chi connectivity index (χ4n) is 3.19. The van der Waals surface area contributed by atoms with Crippen LogP contribution in [0.25, 0.3) is 0 Å². The molecule has 2 heteroatoms. The number of nitrogens with one attached hydrogen (secondary N) is 1. The zero-order chi connectivity index (χ0) is 13.7. The van der Waals surface area contributed by atoms with E-state index in [2.05, 4.69) is 19.2 Å². The van der Waals surface area contributed by atoms with Gasteiger partial charge in [0.15, 0.2) is 0 Å². The van der Waals surface area contributed by atoms with Crippen LogP contribution in [-0.2, 0) is 5.41 Å². The molecule has 1 N–H and O–H groups in total. The summed E-state index contributed by atoms with van der Waals surface area (Å²) in [5.41, 5.74) is 1.53. The molecule has 2 rings (SSSR count). The minimum Gasteiger partial charge on any atom is -0.316 e. The monoisotopic (exact) mass is 263 g/mol. The van der Waals surface area contributed by atoms with Gasteiger partial charge in [0, 0.05) is 12.0 Å². The van der Waals surface area contributed by atoms with Crippen molar-refractivity contribution in [3.63, 3.8) is 0 Å². The highest BCUT2D eigenvalue weighted by atomic mass is 19.1. The SMILES string of the molecule is CCCNCC1(c2ccc(F)cc2)CCC(C)CC1. The molecule has 0 bridgehead atoms. The van der Waals surface area contributed by atoms with Crippen LogP contribution in [0.15, 0.2) is 24.3 Å². The average molecular weight is 263 g/mol. The van der Waals surface area contributed by atoms with Crippen molar-refractivity contribution in [2.24, 2.45) is 5.92 Å². The van der Waals surface area contributed by atoms with Gasteiger partial charge < -0.3 is 5.32 Å². The first-order valence-corrected chi connectivity index (χ1v) is 7.63. The van der Waals surface area contributed by atoms with Crippen LogP contribution in [0.1, 0.15) is 51.5 Å². The van der Waals surface area contributed by atoms with Gasteiger partial charge in [0.2, 0.25) is 0 Å². The highest BCUT2D eigenvalue weighted by Gasteiger charge is 2.35. The molecule has 1 aliphatic rings. The average Bonchev–Trinajstić information content (AvgIpc) is 2.42. The smallest absolute Gasteiger partial charge is 0.123 e. The molecule has 1 aliphatic carbocycles. The van der Waals surface area contributed by atoms with Crippen LogP contribution in [-0.4, -0.2) is 13.1 Å². The van der Waals surface area contributed by atoms with E-state index >= 15 is 0 Å². The normalized spacial score (nSPS) is 27.4. The Kier molecular flexibility index (Phi) is 4.98. The molecule has 0 aromatic heterocycles. The van der Waals surface area contributed by atoms with E-state index in [0.29, 0.717) is 0 Å². The fraction of sp³-hybridized carbons (Fsp3) is 0.647. The summed E-state index contributed by atoms with van der Waals surface area (Å²) in [7, 11) is 0. The second kappa shape index (κ2) is 6.51. The number of benzene rings is 1. The Hall–Kier alpha value is -0.890. The number of hydrogen-bond acceptors (Lipinski definition) is 1. The summed E-state index contributed by atoms with van der Waals surface area (Å²) in [5.74, 6) is 0.698. The van der Waals surface area contributed by atoms with Crippen molar-refractivity contribution in [2.45, 2.75) is 51.4 Å². The first-order chi connectivity index (χ1) is 9.16. The van der Waals surface area contributed by atoms with E-state index in [1.165, 1.54) is 31.2 Å². The van der Waals surface area contributed by atoms with Crippen LogP contribution in [0.5, 0.6) is 0 Å². The van der Waals surface area contributed by atoms with Crippen LogP contribution in [0.3, 0.4) is 0 Å². The van der Waals surface area contributed by atoms with Crippen LogP contribution >= 0.6 is 0 Å². The summed E-state index contributed by atoms with van der Waals surface area (Å²) in [6.45, 7) is 6.63. The topological polar surface area (TPSA) is 12.0 Å². The van der Waals surface area contributed by atoms with Crippen molar-refractivity contribution in [3.8, 4) is 0 Å². The maximum absolute atomic E-state index is 13.1. The van der Waals surface area contributed by atoms with Crippen molar-refractivity contribution in [2.75, 3.05) is 13.1 Å². The highest BCUT2D eigenvalue weighted by Crippen LogP contribution is 2.41. The molecule has 0 radical (unpaired) electrons. The third-order valence-electron chi connectivity index (χ3n) is 4.58. The van der Waals surface area contributed by atoms with Gasteiger partial charge in [0.05, 0.1) is 0 Å². The van der Waals surface area contributed by atoms with Crippen LogP contribution in [0.4, 0.5) is 4.39 Å². The number of rotatable bonds is 5. The van der Waals surface area contributed by atoms with Crippen molar-refractivity contribution in [1.82, 2.24) is 5.32 Å². The van der Waals surface area contributed by atoms with E-state index in [1.54, 1.807) is 12.1 Å². The molecule has 0 heterocycles. The van der Waals surface area contributed by atoms with Gasteiger partial charge >= 0.3 is 0 Å². The summed E-state index contributed by atoms with van der Waals surface area (Å²) < 4.78 is 13.1. The maximum atomic E-state index is 13.1. The molecular formula is C17H26FN. The molecule has 1 nitrogen and oxygen atoms in total. The molecular weight excluding hydrogens is 237 g/mol. The zero-order valence-electron chi connectivity index (χ0n) is 12.2. The molecule has 0 atom stereocenters. The fourth-order valence-corrected chi connectivity index (χ4v) is 3.19. The predicted octanol–water partition coefficient (Wildman–Crippen LogP) is 4.27. The Morgan fingerprint density at radius 1 is 1.21 bits per heavy atom. The van der Waals surface area contributed by atoms with E-state index in [-0.39, 0.29) is 11.2 Å². The van der Waals surface area contributed by atoms with Crippen molar-refractivity contribution >= 4 is 0 Å². The Morgan fingerprint density at radius 3 is 2.42 bits per heavy atom. The lowest BCUT2D eigenvalue weighted by Crippen LogP contribution is -2.41. The van der Waals surface area contributed by atoms with Crippen molar-refractivity contribution in [1.29, 1.82) is 0 Å². The molecule has 1 fully saturated rings. The van der Waals surface area contributed by atoms with Gasteiger partial charge in [0.1, 0.15) is 5.82 Å². The Bertz CT molecular complexity index is 377. The zero-order valence-corrected chi connectivity index (χ0v) is 12.2. The standard InChI is InChI=1S/C17H26FN/c1-3-12-19-13-17(10-8-14(2)9-11-17)15-4-6-16(18)7-5-15/h4-7,14,19H,3,8-13H2,1-2H3. The van der Waals surface area contributed by atoms with Crippen LogP contribution in [0, 0.1) is 11.7 Å². The van der Waals surface area contributed by atoms with Gasteiger partial charge in [0.25, 0.3) is 0 Å². The summed E-state index contributed by atoms with van der Waals surface area (Å²) in [4.78, 5) is 0. The van der Waals surface area contributed by atoms with Gasteiger partial charge in [-0.1, -0.05) is 26.0 Å². The van der Waals surface area contributed by atoms with Crippen molar-refractivity contribution < 1.29 is 4.39 Å². The third-order valence-corrected chi connectivity index (χ3v) is 4.58. The van der Waals surface area contributed by atoms with E-state index < -0.39 is 0 Å². The lowest BCUT2D eigenvalue weighted by atomic mass is 9.67. The van der Waals surface area contributed by atoms with E-state index in [0.717, 1.165) is 25.4 Å². The van der Waals surface area contributed by atoms with Gasteiger partial charge in [-0.2, -0.15) is 0 Å². The van der Waals surface area contributed by atoms with E-state index in [9.17, 15) is 4.39 Å². The van der Waals surface area contributed by atoms with Gasteiger partial charge in [-0.15, -0.1) is 0 Å². The van der Waals surface area contributed by atoms with Gasteiger partial charge in [-0.05, 0) is 62.3 Å². The first-order valence-electron chi connectivity index (χ1n) is 7.63. The first kappa shape index (κ1) is 14.5. The third kappa shape index (κ3) is 3.56. The quantitative estimate of drug-likeness (QED) is 0.782.